The van der Waals surface area contributed by atoms with Gasteiger partial charge in [0.05, 0.1) is 5.69 Å². The predicted molar refractivity (Wildman–Crippen MR) is 112 cm³/mol. The van der Waals surface area contributed by atoms with E-state index in [1.54, 1.807) is 26.0 Å². The number of anilines is 2. The summed E-state index contributed by atoms with van der Waals surface area (Å²) in [7, 11) is -4.09. The molecular weight excluding hydrogens is 412 g/mol. The molecule has 0 aliphatic carbocycles. The lowest BCUT2D eigenvalue weighted by Crippen LogP contribution is -2.31. The molecule has 1 amide bonds. The van der Waals surface area contributed by atoms with Crippen LogP contribution in [0.5, 0.6) is 0 Å². The molecule has 0 saturated carbocycles. The minimum atomic E-state index is -4.09. The Bertz CT molecular complexity index is 1030. The third kappa shape index (κ3) is 4.32. The van der Waals surface area contributed by atoms with Crippen LogP contribution in [0, 0.1) is 11.6 Å². The largest absolute Gasteiger partial charge is 0.370 e. The molecule has 1 N–H and O–H groups in total. The molecule has 30 heavy (non-hydrogen) atoms. The summed E-state index contributed by atoms with van der Waals surface area (Å²) in [6, 6.07) is 7.66. The number of carbonyl (C=O) groups excluding carboxylic acids is 1. The van der Waals surface area contributed by atoms with E-state index in [9.17, 15) is 22.0 Å². The van der Waals surface area contributed by atoms with Gasteiger partial charge in [0.1, 0.15) is 22.2 Å². The average Bonchev–Trinajstić information content (AvgIpc) is 3.25. The lowest BCUT2D eigenvalue weighted by Gasteiger charge is -2.22. The van der Waals surface area contributed by atoms with Crippen LogP contribution in [0.4, 0.5) is 20.2 Å². The van der Waals surface area contributed by atoms with Crippen molar-refractivity contribution in [2.45, 2.75) is 31.6 Å². The fourth-order valence-corrected chi connectivity index (χ4v) is 5.14. The van der Waals surface area contributed by atoms with Crippen LogP contribution in [0.1, 0.15) is 37.0 Å². The number of hydrogen-bond acceptors (Lipinski definition) is 4. The van der Waals surface area contributed by atoms with Gasteiger partial charge < -0.3 is 10.2 Å². The molecule has 6 nitrogen and oxygen atoms in total. The molecule has 9 heteroatoms. The molecule has 0 spiro atoms. The highest BCUT2D eigenvalue weighted by molar-refractivity contribution is 7.89. The van der Waals surface area contributed by atoms with Crippen molar-refractivity contribution >= 4 is 27.3 Å². The van der Waals surface area contributed by atoms with Crippen molar-refractivity contribution in [2.75, 3.05) is 36.4 Å². The number of hydrogen-bond donors (Lipinski definition) is 1. The first kappa shape index (κ1) is 22.2. The number of sulfonamides is 1. The highest BCUT2D eigenvalue weighted by Gasteiger charge is 2.27. The molecule has 162 valence electrons. The fraction of sp³-hybridized carbons (Fsp3) is 0.381. The third-order valence-electron chi connectivity index (χ3n) is 5.19. The Morgan fingerprint density at radius 1 is 1.07 bits per heavy atom. The third-order valence-corrected chi connectivity index (χ3v) is 7.26. The van der Waals surface area contributed by atoms with Crippen molar-refractivity contribution < 1.29 is 22.0 Å². The van der Waals surface area contributed by atoms with Crippen molar-refractivity contribution in [3.63, 3.8) is 0 Å². The lowest BCUT2D eigenvalue weighted by molar-refractivity contribution is 0.102. The van der Waals surface area contributed by atoms with E-state index in [0.29, 0.717) is 5.69 Å². The van der Waals surface area contributed by atoms with Crippen molar-refractivity contribution in [2.24, 2.45) is 0 Å². The minimum absolute atomic E-state index is 0.0295. The van der Waals surface area contributed by atoms with E-state index >= 15 is 0 Å². The van der Waals surface area contributed by atoms with Crippen molar-refractivity contribution in [1.82, 2.24) is 4.31 Å². The topological polar surface area (TPSA) is 69.7 Å². The molecule has 1 saturated heterocycles. The molecule has 1 aliphatic rings. The molecule has 1 fully saturated rings. The van der Waals surface area contributed by atoms with Gasteiger partial charge in [0.15, 0.2) is 0 Å². The zero-order valence-corrected chi connectivity index (χ0v) is 17.8. The quantitative estimate of drug-likeness (QED) is 0.715. The number of carbonyl (C=O) groups is 1. The predicted octanol–water partition coefficient (Wildman–Crippen LogP) is 3.85. The van der Waals surface area contributed by atoms with Crippen LogP contribution in [0.25, 0.3) is 0 Å². The SMILES string of the molecule is CCN(CC)S(=O)(=O)c1cc(C(=O)Nc2c(F)cccc2N2CCCC2)ccc1F. The number of nitrogens with one attached hydrogen (secondary N) is 1. The van der Waals surface area contributed by atoms with Gasteiger partial charge in [-0.2, -0.15) is 4.31 Å². The smallest absolute Gasteiger partial charge is 0.255 e. The van der Waals surface area contributed by atoms with Crippen molar-refractivity contribution in [3.8, 4) is 0 Å². The molecule has 0 aromatic heterocycles. The van der Waals surface area contributed by atoms with Crippen molar-refractivity contribution in [1.29, 1.82) is 0 Å². The number of halogens is 2. The van der Waals surface area contributed by atoms with E-state index < -0.39 is 32.5 Å². The van der Waals surface area contributed by atoms with Crippen LogP contribution >= 0.6 is 0 Å². The zero-order valence-electron chi connectivity index (χ0n) is 17.0. The molecule has 1 aliphatic heterocycles. The van der Waals surface area contributed by atoms with Gasteiger partial charge in [-0.1, -0.05) is 19.9 Å². The molecule has 0 bridgehead atoms. The first-order chi connectivity index (χ1) is 14.3. The van der Waals surface area contributed by atoms with Gasteiger partial charge in [0.25, 0.3) is 5.91 Å². The Labute approximate surface area is 175 Å². The summed E-state index contributed by atoms with van der Waals surface area (Å²) >= 11 is 0. The summed E-state index contributed by atoms with van der Waals surface area (Å²) in [4.78, 5) is 14.2. The Balaban J connectivity index is 1.94. The zero-order chi connectivity index (χ0) is 21.9. The second-order valence-corrected chi connectivity index (χ2v) is 8.92. The Morgan fingerprint density at radius 3 is 2.37 bits per heavy atom. The molecule has 0 radical (unpaired) electrons. The first-order valence-corrected chi connectivity index (χ1v) is 11.4. The summed E-state index contributed by atoms with van der Waals surface area (Å²) < 4.78 is 55.4. The standard InChI is InChI=1S/C21H25F2N3O3S/c1-3-26(4-2)30(28,29)19-14-15(10-11-16(19)22)21(27)24-20-17(23)8-7-9-18(20)25-12-5-6-13-25/h7-11,14H,3-6,12-13H2,1-2H3,(H,24,27). The first-order valence-electron chi connectivity index (χ1n) is 9.94. The fourth-order valence-electron chi connectivity index (χ4n) is 3.59. The normalized spacial score (nSPS) is 14.4. The summed E-state index contributed by atoms with van der Waals surface area (Å²) in [6.45, 7) is 5.15. The Kier molecular flexibility index (Phi) is 6.72. The number of amides is 1. The monoisotopic (exact) mass is 437 g/mol. The summed E-state index contributed by atoms with van der Waals surface area (Å²) in [5.41, 5.74) is 0.526. The number of nitrogens with zero attached hydrogens (tertiary/aromatic N) is 2. The maximum absolute atomic E-state index is 14.5. The average molecular weight is 438 g/mol. The molecule has 1 heterocycles. The highest BCUT2D eigenvalue weighted by atomic mass is 32.2. The lowest BCUT2D eigenvalue weighted by atomic mass is 10.2. The molecule has 2 aromatic carbocycles. The summed E-state index contributed by atoms with van der Waals surface area (Å²) in [6.07, 6.45) is 1.96. The van der Waals surface area contributed by atoms with Gasteiger partial charge in [0, 0.05) is 31.7 Å². The van der Waals surface area contributed by atoms with Gasteiger partial charge in [-0.3, -0.25) is 4.79 Å². The van der Waals surface area contributed by atoms with Gasteiger partial charge >= 0.3 is 0 Å². The van der Waals surface area contributed by atoms with Gasteiger partial charge in [0.2, 0.25) is 10.0 Å². The van der Waals surface area contributed by atoms with Crippen LogP contribution in [0.15, 0.2) is 41.3 Å². The molecule has 3 rings (SSSR count). The Morgan fingerprint density at radius 2 is 1.73 bits per heavy atom. The van der Waals surface area contributed by atoms with Crippen LogP contribution in [-0.2, 0) is 10.0 Å². The maximum Gasteiger partial charge on any atom is 0.255 e. The number of para-hydroxylation sites is 1. The van der Waals surface area contributed by atoms with Crippen LogP contribution < -0.4 is 10.2 Å². The molecule has 2 aromatic rings. The van der Waals surface area contributed by atoms with Gasteiger partial charge in [-0.05, 0) is 43.2 Å². The van der Waals surface area contributed by atoms with Gasteiger partial charge in [-0.15, -0.1) is 0 Å². The van der Waals surface area contributed by atoms with Crippen LogP contribution in [-0.4, -0.2) is 44.8 Å². The Hall–Kier alpha value is -2.52. The number of rotatable bonds is 7. The van der Waals surface area contributed by atoms with E-state index in [0.717, 1.165) is 42.4 Å². The second-order valence-electron chi connectivity index (χ2n) is 7.02. The molecule has 0 atom stereocenters. The summed E-state index contributed by atoms with van der Waals surface area (Å²) in [5.74, 6) is -2.25. The van der Waals surface area contributed by atoms with Crippen LogP contribution in [0.2, 0.25) is 0 Å². The van der Waals surface area contributed by atoms with E-state index in [1.165, 1.54) is 12.1 Å². The molecule has 0 unspecified atom stereocenters. The van der Waals surface area contributed by atoms with E-state index in [1.807, 2.05) is 4.90 Å². The van der Waals surface area contributed by atoms with E-state index in [2.05, 4.69) is 5.32 Å². The minimum Gasteiger partial charge on any atom is -0.370 e. The second kappa shape index (κ2) is 9.09. The van der Waals surface area contributed by atoms with E-state index in [4.69, 9.17) is 0 Å². The van der Waals surface area contributed by atoms with E-state index in [-0.39, 0.29) is 24.3 Å². The van der Waals surface area contributed by atoms with Gasteiger partial charge in [-0.25, -0.2) is 17.2 Å². The maximum atomic E-state index is 14.5. The summed E-state index contributed by atoms with van der Waals surface area (Å²) in [5, 5.41) is 2.54. The number of benzene rings is 2. The molecular formula is C21H25F2N3O3S. The highest BCUT2D eigenvalue weighted by Crippen LogP contribution is 2.32. The van der Waals surface area contributed by atoms with Crippen molar-refractivity contribution in [3.05, 3.63) is 53.6 Å². The van der Waals surface area contributed by atoms with Crippen LogP contribution in [0.3, 0.4) is 0 Å².